The molecule has 2 aromatic rings. The summed E-state index contributed by atoms with van der Waals surface area (Å²) < 4.78 is 6.22. The Morgan fingerprint density at radius 3 is 2.77 bits per heavy atom. The standard InChI is InChI=1S/C18H15NO3/c20-19(21)15-8-4-2-6-12(15)17-14-9-11-5-1-3-7-13(11)18(14)10-16(18)22-17/h1-8,14,16-17H,9-10H2/t14-,16?,17-,18-/m0/s1. The molecule has 0 amide bonds. The Hall–Kier alpha value is -2.20. The SMILES string of the molecule is O=[N+]([O-])c1ccccc1[C@@H]1OC2C[C@@]23c2ccccc2C[C@@H]13. The molecule has 4 atom stereocenters. The first kappa shape index (κ1) is 12.4. The topological polar surface area (TPSA) is 52.4 Å². The van der Waals surface area contributed by atoms with Crippen LogP contribution >= 0.6 is 0 Å². The summed E-state index contributed by atoms with van der Waals surface area (Å²) >= 11 is 0. The maximum absolute atomic E-state index is 11.3. The number of benzene rings is 2. The van der Waals surface area contributed by atoms with E-state index in [1.54, 1.807) is 12.1 Å². The van der Waals surface area contributed by atoms with Gasteiger partial charge in [-0.2, -0.15) is 0 Å². The molecule has 0 N–H and O–H groups in total. The molecule has 0 radical (unpaired) electrons. The zero-order chi connectivity index (χ0) is 14.9. The Balaban J connectivity index is 1.61. The lowest BCUT2D eigenvalue weighted by molar-refractivity contribution is -0.386. The van der Waals surface area contributed by atoms with E-state index in [2.05, 4.69) is 24.3 Å². The fraction of sp³-hybridized carbons (Fsp3) is 0.333. The van der Waals surface area contributed by atoms with Gasteiger partial charge in [-0.05, 0) is 30.0 Å². The average molecular weight is 293 g/mol. The lowest BCUT2D eigenvalue weighted by Crippen LogP contribution is -2.19. The molecule has 4 heteroatoms. The highest BCUT2D eigenvalue weighted by atomic mass is 16.6. The van der Waals surface area contributed by atoms with Gasteiger partial charge in [0.1, 0.15) is 0 Å². The lowest BCUT2D eigenvalue weighted by Gasteiger charge is -2.21. The molecule has 4 nitrogen and oxygen atoms in total. The second-order valence-corrected chi connectivity index (χ2v) is 6.57. The first-order chi connectivity index (χ1) is 10.7. The van der Waals surface area contributed by atoms with Crippen LogP contribution in [0.1, 0.15) is 29.2 Å². The molecular weight excluding hydrogens is 278 g/mol. The van der Waals surface area contributed by atoms with E-state index in [1.165, 1.54) is 11.1 Å². The summed E-state index contributed by atoms with van der Waals surface area (Å²) in [6.07, 6.45) is 2.09. The van der Waals surface area contributed by atoms with Crippen molar-refractivity contribution in [3.63, 3.8) is 0 Å². The quantitative estimate of drug-likeness (QED) is 0.628. The first-order valence-corrected chi connectivity index (χ1v) is 7.69. The van der Waals surface area contributed by atoms with Gasteiger partial charge in [0.2, 0.25) is 0 Å². The van der Waals surface area contributed by atoms with Crippen LogP contribution in [0.2, 0.25) is 0 Å². The van der Waals surface area contributed by atoms with Crippen molar-refractivity contribution >= 4 is 5.69 Å². The van der Waals surface area contributed by atoms with Crippen molar-refractivity contribution in [3.05, 3.63) is 75.3 Å². The van der Waals surface area contributed by atoms with E-state index in [-0.39, 0.29) is 28.2 Å². The minimum absolute atomic E-state index is 0.116. The second kappa shape index (κ2) is 3.96. The largest absolute Gasteiger partial charge is 0.369 e. The van der Waals surface area contributed by atoms with Gasteiger partial charge in [-0.1, -0.05) is 36.4 Å². The van der Waals surface area contributed by atoms with E-state index < -0.39 is 0 Å². The fourth-order valence-corrected chi connectivity index (χ4v) is 4.70. The predicted molar refractivity (Wildman–Crippen MR) is 80.6 cm³/mol. The Kier molecular flexibility index (Phi) is 2.22. The summed E-state index contributed by atoms with van der Waals surface area (Å²) in [7, 11) is 0. The van der Waals surface area contributed by atoms with Gasteiger partial charge in [0.15, 0.2) is 0 Å². The maximum atomic E-state index is 11.3. The zero-order valence-electron chi connectivity index (χ0n) is 11.9. The summed E-state index contributed by atoms with van der Waals surface area (Å²) in [5.74, 6) is 0.330. The van der Waals surface area contributed by atoms with Crippen molar-refractivity contribution in [1.82, 2.24) is 0 Å². The first-order valence-electron chi connectivity index (χ1n) is 7.69. The van der Waals surface area contributed by atoms with Crippen molar-refractivity contribution in [2.24, 2.45) is 5.92 Å². The number of para-hydroxylation sites is 1. The Morgan fingerprint density at radius 2 is 1.91 bits per heavy atom. The predicted octanol–water partition coefficient (Wildman–Crippen LogP) is 3.55. The van der Waals surface area contributed by atoms with Crippen LogP contribution in [0.3, 0.4) is 0 Å². The smallest absolute Gasteiger partial charge is 0.275 e. The molecule has 0 aromatic heterocycles. The highest BCUT2D eigenvalue weighted by molar-refractivity contribution is 5.53. The molecule has 2 aromatic carbocycles. The number of nitrogens with zero attached hydrogens (tertiary/aromatic N) is 1. The highest BCUT2D eigenvalue weighted by Gasteiger charge is 2.71. The van der Waals surface area contributed by atoms with Gasteiger partial charge in [0, 0.05) is 17.4 Å². The van der Waals surface area contributed by atoms with Crippen LogP contribution in [0.25, 0.3) is 0 Å². The molecule has 1 spiro atoms. The summed E-state index contributed by atoms with van der Waals surface area (Å²) in [6, 6.07) is 15.6. The Morgan fingerprint density at radius 1 is 1.14 bits per heavy atom. The fourth-order valence-electron chi connectivity index (χ4n) is 4.70. The second-order valence-electron chi connectivity index (χ2n) is 6.57. The summed E-state index contributed by atoms with van der Waals surface area (Å²) in [6.45, 7) is 0. The Bertz CT molecular complexity index is 802. The van der Waals surface area contributed by atoms with E-state index in [4.69, 9.17) is 4.74 Å². The molecule has 2 fully saturated rings. The van der Waals surface area contributed by atoms with E-state index in [0.717, 1.165) is 18.4 Å². The van der Waals surface area contributed by atoms with Crippen molar-refractivity contribution in [3.8, 4) is 0 Å². The minimum Gasteiger partial charge on any atom is -0.369 e. The number of fused-ring (bicyclic) bond motifs is 1. The number of ether oxygens (including phenoxy) is 1. The van der Waals surface area contributed by atoms with Gasteiger partial charge >= 0.3 is 0 Å². The molecule has 110 valence electrons. The van der Waals surface area contributed by atoms with Crippen LogP contribution < -0.4 is 0 Å². The summed E-state index contributed by atoms with van der Waals surface area (Å²) in [5.41, 5.74) is 3.83. The van der Waals surface area contributed by atoms with Crippen LogP contribution in [0, 0.1) is 16.0 Å². The van der Waals surface area contributed by atoms with E-state index in [9.17, 15) is 10.1 Å². The number of hydrogen-bond donors (Lipinski definition) is 0. The molecule has 5 rings (SSSR count). The molecule has 1 aliphatic heterocycles. The number of nitro groups is 1. The third-order valence-corrected chi connectivity index (χ3v) is 5.67. The van der Waals surface area contributed by atoms with E-state index in [1.807, 2.05) is 12.1 Å². The monoisotopic (exact) mass is 293 g/mol. The van der Waals surface area contributed by atoms with Crippen molar-refractivity contribution < 1.29 is 9.66 Å². The third kappa shape index (κ3) is 1.36. The van der Waals surface area contributed by atoms with Gasteiger partial charge in [-0.15, -0.1) is 0 Å². The van der Waals surface area contributed by atoms with Crippen LogP contribution in [-0.4, -0.2) is 11.0 Å². The van der Waals surface area contributed by atoms with Gasteiger partial charge in [-0.25, -0.2) is 0 Å². The van der Waals surface area contributed by atoms with Crippen LogP contribution in [0.5, 0.6) is 0 Å². The molecule has 22 heavy (non-hydrogen) atoms. The van der Waals surface area contributed by atoms with Crippen LogP contribution in [0.4, 0.5) is 5.69 Å². The average Bonchev–Trinajstić information content (AvgIpc) is 3.02. The molecule has 3 aliphatic rings. The molecule has 1 heterocycles. The van der Waals surface area contributed by atoms with Crippen molar-refractivity contribution in [2.75, 3.05) is 0 Å². The highest BCUT2D eigenvalue weighted by Crippen LogP contribution is 2.70. The molecule has 0 bridgehead atoms. The molecule has 1 unspecified atom stereocenters. The van der Waals surface area contributed by atoms with E-state index in [0.29, 0.717) is 5.92 Å². The van der Waals surface area contributed by atoms with Crippen molar-refractivity contribution in [1.29, 1.82) is 0 Å². The molecule has 1 saturated heterocycles. The van der Waals surface area contributed by atoms with Gasteiger partial charge in [0.05, 0.1) is 22.7 Å². The van der Waals surface area contributed by atoms with Gasteiger partial charge < -0.3 is 4.74 Å². The lowest BCUT2D eigenvalue weighted by atomic mass is 9.83. The normalized spacial score (nSPS) is 33.9. The van der Waals surface area contributed by atoms with Crippen LogP contribution in [-0.2, 0) is 16.6 Å². The van der Waals surface area contributed by atoms with Gasteiger partial charge in [0.25, 0.3) is 5.69 Å². The Labute approximate surface area is 127 Å². The minimum atomic E-state index is -0.294. The molecule has 2 aliphatic carbocycles. The third-order valence-electron chi connectivity index (χ3n) is 5.67. The number of rotatable bonds is 2. The molecular formula is C18H15NO3. The van der Waals surface area contributed by atoms with Crippen LogP contribution in [0.15, 0.2) is 48.5 Å². The van der Waals surface area contributed by atoms with Crippen molar-refractivity contribution in [2.45, 2.75) is 30.5 Å². The molecule has 1 saturated carbocycles. The number of nitro benzene ring substituents is 1. The van der Waals surface area contributed by atoms with E-state index >= 15 is 0 Å². The van der Waals surface area contributed by atoms with Gasteiger partial charge in [-0.3, -0.25) is 10.1 Å². The number of hydrogen-bond acceptors (Lipinski definition) is 3. The summed E-state index contributed by atoms with van der Waals surface area (Å²) in [5, 5.41) is 11.3. The zero-order valence-corrected chi connectivity index (χ0v) is 11.9. The summed E-state index contributed by atoms with van der Waals surface area (Å²) in [4.78, 5) is 11.0. The maximum Gasteiger partial charge on any atom is 0.275 e.